The van der Waals surface area contributed by atoms with Crippen molar-refractivity contribution in [3.8, 4) is 5.88 Å². The Morgan fingerprint density at radius 2 is 2.32 bits per heavy atom. The summed E-state index contributed by atoms with van der Waals surface area (Å²) < 4.78 is 11.3. The van der Waals surface area contributed by atoms with Crippen LogP contribution >= 0.6 is 0 Å². The molecule has 7 nitrogen and oxygen atoms in total. The van der Waals surface area contributed by atoms with Crippen LogP contribution in [0.15, 0.2) is 6.20 Å². The highest BCUT2D eigenvalue weighted by molar-refractivity contribution is 6.56. The molecule has 1 saturated heterocycles. The van der Waals surface area contributed by atoms with Crippen LogP contribution in [0.25, 0.3) is 0 Å². The number of ketones is 1. The van der Waals surface area contributed by atoms with Crippen LogP contribution in [0.3, 0.4) is 0 Å². The summed E-state index contributed by atoms with van der Waals surface area (Å²) in [6, 6.07) is 0. The molecule has 1 fully saturated rings. The van der Waals surface area contributed by atoms with Crippen molar-refractivity contribution >= 4 is 41.4 Å². The maximum Gasteiger partial charge on any atom is 0.257 e. The van der Waals surface area contributed by atoms with E-state index in [4.69, 9.17) is 33.0 Å². The molecule has 0 spiro atoms. The zero-order valence-electron chi connectivity index (χ0n) is 9.91. The lowest BCUT2D eigenvalue weighted by molar-refractivity contribution is -0.122. The van der Waals surface area contributed by atoms with Gasteiger partial charge in [-0.25, -0.2) is 0 Å². The number of ether oxygens (including phenoxy) is 2. The Bertz CT molecular complexity index is 499. The van der Waals surface area contributed by atoms with Gasteiger partial charge in [-0.15, -0.1) is 5.10 Å². The Hall–Kier alpha value is -1.70. The van der Waals surface area contributed by atoms with E-state index in [-0.39, 0.29) is 30.6 Å². The molecule has 0 bridgehead atoms. The lowest BCUT2D eigenvalue weighted by Gasteiger charge is -2.20. The van der Waals surface area contributed by atoms with Gasteiger partial charge in [0.05, 0.1) is 36.3 Å². The third-order valence-electron chi connectivity index (χ3n) is 2.42. The first-order valence-electron chi connectivity index (χ1n) is 5.36. The van der Waals surface area contributed by atoms with Gasteiger partial charge in [0.2, 0.25) is 12.2 Å². The van der Waals surface area contributed by atoms with Crippen molar-refractivity contribution in [2.45, 2.75) is 11.3 Å². The number of carbonyl (C=O) groups is 2. The van der Waals surface area contributed by atoms with E-state index in [1.807, 2.05) is 0 Å². The smallest absolute Gasteiger partial charge is 0.257 e. The zero-order chi connectivity index (χ0) is 14.0. The highest BCUT2D eigenvalue weighted by Crippen LogP contribution is 2.25. The monoisotopic (exact) mass is 255 g/mol. The number of nitrogens with zero attached hydrogens (tertiary/aromatic N) is 2. The number of hydrogen-bond acceptors (Lipinski definition) is 5. The van der Waals surface area contributed by atoms with Crippen molar-refractivity contribution in [3.63, 3.8) is 0 Å². The van der Waals surface area contributed by atoms with Gasteiger partial charge in [0.1, 0.15) is 12.3 Å². The van der Waals surface area contributed by atoms with Crippen LogP contribution < -0.4 is 10.1 Å². The number of nitrogens with one attached hydrogen (secondary N) is 1. The van der Waals surface area contributed by atoms with E-state index in [1.165, 1.54) is 6.20 Å². The minimum atomic E-state index is -1.75. The molecule has 92 valence electrons. The van der Waals surface area contributed by atoms with E-state index in [2.05, 4.69) is 10.4 Å². The molecule has 0 aromatic carbocycles. The van der Waals surface area contributed by atoms with Crippen LogP contribution in [-0.2, 0) is 19.6 Å². The van der Waals surface area contributed by atoms with Crippen molar-refractivity contribution in [1.29, 1.82) is 0 Å². The molecule has 1 aliphatic heterocycles. The second kappa shape index (κ2) is 5.12. The van der Waals surface area contributed by atoms with Gasteiger partial charge < -0.3 is 14.8 Å². The van der Waals surface area contributed by atoms with Crippen LogP contribution in [0, 0.1) is 0 Å². The first kappa shape index (κ1) is 13.7. The Kier molecular flexibility index (Phi) is 3.70. The number of carbonyl (C=O) groups excluding carboxylic acids is 2. The second-order valence-corrected chi connectivity index (χ2v) is 4.03. The molecule has 0 saturated carbocycles. The van der Waals surface area contributed by atoms with Gasteiger partial charge in [-0.2, -0.15) is 0 Å². The lowest BCUT2D eigenvalue weighted by Crippen LogP contribution is -2.35. The van der Waals surface area contributed by atoms with E-state index in [0.29, 0.717) is 6.41 Å². The fraction of sp³-hybridized carbons (Fsp3) is 0.444. The molecular formula is C9H8B3N3O4. The summed E-state index contributed by atoms with van der Waals surface area (Å²) in [4.78, 5) is 21.9. The van der Waals surface area contributed by atoms with E-state index >= 15 is 0 Å². The summed E-state index contributed by atoms with van der Waals surface area (Å²) in [5, 5.41) is 4.49. The predicted octanol–water partition coefficient (Wildman–Crippen LogP) is -2.13. The third-order valence-corrected chi connectivity index (χ3v) is 2.42. The number of Topliss-reactive ketones (excluding diaryl/α,β-unsaturated/α-hetero) is 1. The fourth-order valence-corrected chi connectivity index (χ4v) is 1.49. The molecule has 19 heavy (non-hydrogen) atoms. The van der Waals surface area contributed by atoms with Crippen LogP contribution in [0.2, 0.25) is 0 Å². The van der Waals surface area contributed by atoms with Crippen LogP contribution in [0.1, 0.15) is 0 Å². The molecule has 6 radical (unpaired) electrons. The van der Waals surface area contributed by atoms with Crippen LogP contribution in [-0.4, -0.2) is 64.8 Å². The summed E-state index contributed by atoms with van der Waals surface area (Å²) in [5.41, 5.74) is 0.195. The third kappa shape index (κ3) is 3.01. The Balaban J connectivity index is 2.24. The lowest BCUT2D eigenvalue weighted by atomic mass is 9.49. The zero-order valence-corrected chi connectivity index (χ0v) is 9.91. The Morgan fingerprint density at radius 1 is 1.58 bits per heavy atom. The van der Waals surface area contributed by atoms with Crippen molar-refractivity contribution < 1.29 is 19.1 Å². The largest absolute Gasteiger partial charge is 0.461 e. The maximum atomic E-state index is 11.4. The van der Waals surface area contributed by atoms with E-state index < -0.39 is 11.3 Å². The minimum absolute atomic E-state index is 0.0123. The summed E-state index contributed by atoms with van der Waals surface area (Å²) in [5.74, 6) is -0.229. The quantitative estimate of drug-likeness (QED) is 0.480. The first-order valence-corrected chi connectivity index (χ1v) is 5.36. The molecule has 2 heterocycles. The fourth-order valence-electron chi connectivity index (χ4n) is 1.49. The minimum Gasteiger partial charge on any atom is -0.461 e. The molecule has 10 heteroatoms. The van der Waals surface area contributed by atoms with Gasteiger partial charge in [0.15, 0.2) is 6.10 Å². The van der Waals surface area contributed by atoms with Gasteiger partial charge in [-0.1, -0.05) is 0 Å². The normalized spacial score (nSPS) is 19.4. The number of aromatic nitrogens is 2. The highest BCUT2D eigenvalue weighted by atomic mass is 16.6. The summed E-state index contributed by atoms with van der Waals surface area (Å²) in [6.07, 6.45) is 0.939. The topological polar surface area (TPSA) is 82.5 Å². The summed E-state index contributed by atoms with van der Waals surface area (Å²) in [7, 11) is 16.4. The van der Waals surface area contributed by atoms with Gasteiger partial charge in [0.25, 0.3) is 5.88 Å². The van der Waals surface area contributed by atoms with Crippen molar-refractivity contribution in [2.75, 3.05) is 18.5 Å². The van der Waals surface area contributed by atoms with E-state index in [0.717, 1.165) is 4.68 Å². The Morgan fingerprint density at radius 3 is 2.84 bits per heavy atom. The van der Waals surface area contributed by atoms with Gasteiger partial charge in [-0.05, 0) is 5.24 Å². The summed E-state index contributed by atoms with van der Waals surface area (Å²) in [6.45, 7) is 0.0989. The molecule has 1 aromatic heterocycles. The number of hydrogen-bond donors (Lipinski definition) is 1. The van der Waals surface area contributed by atoms with E-state index in [9.17, 15) is 9.59 Å². The first-order chi connectivity index (χ1) is 8.91. The molecule has 1 atom stereocenters. The second-order valence-electron chi connectivity index (χ2n) is 4.03. The number of amides is 1. The molecular weight excluding hydrogens is 247 g/mol. The van der Waals surface area contributed by atoms with Crippen molar-refractivity contribution in [2.24, 2.45) is 0 Å². The van der Waals surface area contributed by atoms with Gasteiger partial charge in [0, 0.05) is 0 Å². The summed E-state index contributed by atoms with van der Waals surface area (Å²) >= 11 is 0. The standard InChI is InChI=1S/C9H8B3N3O4/c10-9(11,12)15-1-5(13-4-16)8(14-15)19-7-3-18-2-6(7)17/h1,4,7H,2-3H2,(H,13,16). The molecule has 2 rings (SSSR count). The maximum absolute atomic E-state index is 11.4. The molecule has 1 unspecified atom stereocenters. The molecule has 1 amide bonds. The Labute approximate surface area is 113 Å². The average molecular weight is 255 g/mol. The predicted molar refractivity (Wildman–Crippen MR) is 67.4 cm³/mol. The van der Waals surface area contributed by atoms with Crippen molar-refractivity contribution in [1.82, 2.24) is 9.78 Å². The molecule has 0 aliphatic carbocycles. The van der Waals surface area contributed by atoms with E-state index in [1.54, 1.807) is 0 Å². The van der Waals surface area contributed by atoms with Crippen molar-refractivity contribution in [3.05, 3.63) is 6.20 Å². The molecule has 1 aliphatic rings. The van der Waals surface area contributed by atoms with Gasteiger partial charge >= 0.3 is 0 Å². The average Bonchev–Trinajstić information content (AvgIpc) is 2.88. The molecule has 1 aromatic rings. The number of anilines is 1. The molecule has 1 N–H and O–H groups in total. The SMILES string of the molecule is [B]C([B])([B])n1cc(NC=O)c(OC2COCC2=O)n1. The van der Waals surface area contributed by atoms with Crippen LogP contribution in [0.4, 0.5) is 5.69 Å². The van der Waals surface area contributed by atoms with Crippen LogP contribution in [0.5, 0.6) is 5.88 Å². The number of rotatable bonds is 5. The van der Waals surface area contributed by atoms with Gasteiger partial charge in [-0.3, -0.25) is 14.3 Å². The highest BCUT2D eigenvalue weighted by Gasteiger charge is 2.29.